The van der Waals surface area contributed by atoms with Gasteiger partial charge in [-0.15, -0.1) is 0 Å². The molecule has 1 atom stereocenters. The molecule has 0 N–H and O–H groups in total. The number of nitrogens with zero attached hydrogens (tertiary/aromatic N) is 1. The summed E-state index contributed by atoms with van der Waals surface area (Å²) in [5.41, 5.74) is 1.88. The van der Waals surface area contributed by atoms with E-state index in [1.165, 1.54) is 19.2 Å². The van der Waals surface area contributed by atoms with E-state index >= 15 is 0 Å². The van der Waals surface area contributed by atoms with Crippen LogP contribution in [0.2, 0.25) is 0 Å². The predicted molar refractivity (Wildman–Crippen MR) is 123 cm³/mol. The smallest absolute Gasteiger partial charge is 0.230 e. The molecule has 0 spiro atoms. The van der Waals surface area contributed by atoms with Crippen molar-refractivity contribution in [2.75, 3.05) is 24.3 Å². The molecule has 6 heteroatoms. The number of ether oxygens (including phenoxy) is 1. The SMILES string of the molecule is COc1ccc(S(=O)(=O)CC(C)C(=O)N(CCc2ccccc2)c2ccccc2)cc1. The predicted octanol–water partition coefficient (Wildman–Crippen LogP) is 4.38. The van der Waals surface area contributed by atoms with E-state index < -0.39 is 15.8 Å². The van der Waals surface area contributed by atoms with Gasteiger partial charge in [-0.1, -0.05) is 55.5 Å². The second-order valence-corrected chi connectivity index (χ2v) is 9.45. The number of rotatable bonds is 9. The molecule has 0 aliphatic carbocycles. The Morgan fingerprint density at radius 2 is 1.48 bits per heavy atom. The van der Waals surface area contributed by atoms with Crippen LogP contribution < -0.4 is 9.64 Å². The lowest BCUT2D eigenvalue weighted by atomic mass is 10.1. The summed E-state index contributed by atoms with van der Waals surface area (Å²) < 4.78 is 30.8. The van der Waals surface area contributed by atoms with Crippen LogP contribution in [0.1, 0.15) is 12.5 Å². The van der Waals surface area contributed by atoms with E-state index in [1.807, 2.05) is 60.7 Å². The molecule has 0 bridgehead atoms. The Kier molecular flexibility index (Phi) is 7.47. The first-order valence-electron chi connectivity index (χ1n) is 10.2. The van der Waals surface area contributed by atoms with Crippen LogP contribution in [-0.2, 0) is 21.1 Å². The first-order valence-corrected chi connectivity index (χ1v) is 11.8. The Hall–Kier alpha value is -3.12. The van der Waals surface area contributed by atoms with E-state index in [2.05, 4.69) is 0 Å². The van der Waals surface area contributed by atoms with E-state index in [0.717, 1.165) is 11.3 Å². The summed E-state index contributed by atoms with van der Waals surface area (Å²) in [6, 6.07) is 25.5. The van der Waals surface area contributed by atoms with E-state index in [-0.39, 0.29) is 16.6 Å². The van der Waals surface area contributed by atoms with Gasteiger partial charge in [0.05, 0.1) is 17.8 Å². The first-order chi connectivity index (χ1) is 14.9. The highest BCUT2D eigenvalue weighted by atomic mass is 32.2. The molecular weight excluding hydrogens is 410 g/mol. The number of anilines is 1. The summed E-state index contributed by atoms with van der Waals surface area (Å²) in [6.07, 6.45) is 0.680. The van der Waals surface area contributed by atoms with Gasteiger partial charge in [0.15, 0.2) is 9.84 Å². The van der Waals surface area contributed by atoms with E-state index in [4.69, 9.17) is 4.74 Å². The van der Waals surface area contributed by atoms with Gasteiger partial charge in [-0.05, 0) is 48.4 Å². The summed E-state index contributed by atoms with van der Waals surface area (Å²) in [6.45, 7) is 2.14. The lowest BCUT2D eigenvalue weighted by Gasteiger charge is -2.26. The number of carbonyl (C=O) groups is 1. The van der Waals surface area contributed by atoms with Crippen LogP contribution in [0, 0.1) is 5.92 Å². The lowest BCUT2D eigenvalue weighted by Crippen LogP contribution is -2.39. The van der Waals surface area contributed by atoms with Crippen LogP contribution in [0.3, 0.4) is 0 Å². The van der Waals surface area contributed by atoms with Crippen LogP contribution in [0.4, 0.5) is 5.69 Å². The van der Waals surface area contributed by atoms with Gasteiger partial charge in [0, 0.05) is 18.2 Å². The number of amides is 1. The molecule has 0 saturated carbocycles. The molecule has 0 saturated heterocycles. The summed E-state index contributed by atoms with van der Waals surface area (Å²) in [5.74, 6) is -0.575. The Morgan fingerprint density at radius 3 is 2.06 bits per heavy atom. The summed E-state index contributed by atoms with van der Waals surface area (Å²) >= 11 is 0. The van der Waals surface area contributed by atoms with Crippen molar-refractivity contribution in [3.8, 4) is 5.75 Å². The molecule has 0 radical (unpaired) electrons. The average Bonchev–Trinajstić information content (AvgIpc) is 2.80. The maximum Gasteiger partial charge on any atom is 0.230 e. The van der Waals surface area contributed by atoms with Crippen molar-refractivity contribution < 1.29 is 17.9 Å². The van der Waals surface area contributed by atoms with Gasteiger partial charge in [-0.3, -0.25) is 4.79 Å². The quantitative estimate of drug-likeness (QED) is 0.498. The zero-order valence-electron chi connectivity index (χ0n) is 17.8. The van der Waals surface area contributed by atoms with E-state index in [1.54, 1.807) is 24.0 Å². The lowest BCUT2D eigenvalue weighted by molar-refractivity contribution is -0.121. The highest BCUT2D eigenvalue weighted by Crippen LogP contribution is 2.22. The van der Waals surface area contributed by atoms with Crippen LogP contribution >= 0.6 is 0 Å². The molecule has 162 valence electrons. The third-order valence-electron chi connectivity index (χ3n) is 5.11. The number of sulfone groups is 1. The minimum atomic E-state index is -3.62. The number of carbonyl (C=O) groups excluding carboxylic acids is 1. The molecule has 1 amide bonds. The normalized spacial score (nSPS) is 12.2. The Labute approximate surface area is 184 Å². The fourth-order valence-electron chi connectivity index (χ4n) is 3.41. The van der Waals surface area contributed by atoms with Crippen LogP contribution in [0.15, 0.2) is 89.8 Å². The molecule has 3 aromatic rings. The van der Waals surface area contributed by atoms with Gasteiger partial charge in [0.25, 0.3) is 0 Å². The van der Waals surface area contributed by atoms with Gasteiger partial charge >= 0.3 is 0 Å². The Morgan fingerprint density at radius 1 is 0.903 bits per heavy atom. The molecule has 3 aromatic carbocycles. The highest BCUT2D eigenvalue weighted by molar-refractivity contribution is 7.91. The number of methoxy groups -OCH3 is 1. The highest BCUT2D eigenvalue weighted by Gasteiger charge is 2.27. The first kappa shape index (κ1) is 22.6. The molecule has 0 aliphatic heterocycles. The van der Waals surface area contributed by atoms with E-state index in [9.17, 15) is 13.2 Å². The zero-order valence-corrected chi connectivity index (χ0v) is 18.6. The van der Waals surface area contributed by atoms with Gasteiger partial charge in [-0.2, -0.15) is 0 Å². The maximum atomic E-state index is 13.3. The molecule has 0 heterocycles. The van der Waals surface area contributed by atoms with Crippen molar-refractivity contribution in [1.29, 1.82) is 0 Å². The minimum Gasteiger partial charge on any atom is -0.497 e. The molecule has 1 unspecified atom stereocenters. The number of hydrogen-bond donors (Lipinski definition) is 0. The van der Waals surface area contributed by atoms with Crippen molar-refractivity contribution in [1.82, 2.24) is 0 Å². The number of hydrogen-bond acceptors (Lipinski definition) is 4. The third kappa shape index (κ3) is 5.95. The van der Waals surface area contributed by atoms with Gasteiger partial charge in [-0.25, -0.2) is 8.42 Å². The topological polar surface area (TPSA) is 63.7 Å². The molecule has 0 fully saturated rings. The van der Waals surface area contributed by atoms with Gasteiger partial charge in [0.1, 0.15) is 5.75 Å². The largest absolute Gasteiger partial charge is 0.497 e. The van der Waals surface area contributed by atoms with Crippen molar-refractivity contribution in [3.05, 3.63) is 90.5 Å². The fraction of sp³-hybridized carbons (Fsp3) is 0.240. The second kappa shape index (κ2) is 10.3. The van der Waals surface area contributed by atoms with E-state index in [0.29, 0.717) is 18.7 Å². The molecule has 5 nitrogen and oxygen atoms in total. The second-order valence-electron chi connectivity index (χ2n) is 7.42. The fourth-order valence-corrected chi connectivity index (χ4v) is 4.95. The van der Waals surface area contributed by atoms with Crippen LogP contribution in [0.5, 0.6) is 5.75 Å². The molecule has 0 aliphatic rings. The van der Waals surface area contributed by atoms with Crippen molar-refractivity contribution >= 4 is 21.4 Å². The number of benzene rings is 3. The van der Waals surface area contributed by atoms with Crippen LogP contribution in [0.25, 0.3) is 0 Å². The molecule has 3 rings (SSSR count). The summed E-state index contributed by atoms with van der Waals surface area (Å²) in [7, 11) is -2.09. The minimum absolute atomic E-state index is 0.184. The van der Waals surface area contributed by atoms with Gasteiger partial charge < -0.3 is 9.64 Å². The zero-order chi connectivity index (χ0) is 22.3. The number of para-hydroxylation sites is 1. The van der Waals surface area contributed by atoms with Crippen molar-refractivity contribution in [2.45, 2.75) is 18.2 Å². The monoisotopic (exact) mass is 437 g/mol. The van der Waals surface area contributed by atoms with Crippen molar-refractivity contribution in [3.63, 3.8) is 0 Å². The molecular formula is C25H27NO4S. The third-order valence-corrected chi connectivity index (χ3v) is 7.04. The Balaban J connectivity index is 1.77. The Bertz CT molecular complexity index is 1080. The molecule has 0 aromatic heterocycles. The summed E-state index contributed by atoms with van der Waals surface area (Å²) in [5, 5.41) is 0. The van der Waals surface area contributed by atoms with Gasteiger partial charge in [0.2, 0.25) is 5.91 Å². The standard InChI is InChI=1S/C25H27NO4S/c1-20(19-31(28,29)24-15-13-23(30-2)14-16-24)25(27)26(22-11-7-4-8-12-22)18-17-21-9-5-3-6-10-21/h3-16,20H,17-19H2,1-2H3. The van der Waals surface area contributed by atoms with Crippen LogP contribution in [-0.4, -0.2) is 33.7 Å². The average molecular weight is 438 g/mol. The maximum absolute atomic E-state index is 13.3. The summed E-state index contributed by atoms with van der Waals surface area (Å²) in [4.78, 5) is 15.2. The molecule has 31 heavy (non-hydrogen) atoms. The van der Waals surface area contributed by atoms with Crippen molar-refractivity contribution in [2.24, 2.45) is 5.92 Å².